The van der Waals surface area contributed by atoms with E-state index >= 15 is 0 Å². The quantitative estimate of drug-likeness (QED) is 0.585. The highest BCUT2D eigenvalue weighted by atomic mass is 32.1. The van der Waals surface area contributed by atoms with Gasteiger partial charge in [0.15, 0.2) is 0 Å². The van der Waals surface area contributed by atoms with Crippen LogP contribution >= 0.6 is 11.3 Å². The Bertz CT molecular complexity index is 918. The van der Waals surface area contributed by atoms with Gasteiger partial charge < -0.3 is 4.74 Å². The van der Waals surface area contributed by atoms with Gasteiger partial charge in [0.2, 0.25) is 0 Å². The topological polar surface area (TPSA) is 25.4 Å². The molecule has 0 amide bonds. The lowest BCUT2D eigenvalue weighted by molar-refractivity contribution is 0.221. The van der Waals surface area contributed by atoms with Crippen LogP contribution in [0.2, 0.25) is 0 Å². The SMILES string of the molecule is CC(C)COc1ccc2c(c1)CCN([C@@H](C)c1ccc3scnc3c1)CC2. The Hall–Kier alpha value is -1.91. The van der Waals surface area contributed by atoms with Gasteiger partial charge in [-0.25, -0.2) is 4.98 Å². The zero-order valence-electron chi connectivity index (χ0n) is 16.4. The number of fused-ring (bicyclic) bond motifs is 2. The van der Waals surface area contributed by atoms with Crippen molar-refractivity contribution in [2.24, 2.45) is 5.92 Å². The summed E-state index contributed by atoms with van der Waals surface area (Å²) in [5, 5.41) is 0. The van der Waals surface area contributed by atoms with Crippen molar-refractivity contribution in [3.05, 3.63) is 58.6 Å². The zero-order valence-corrected chi connectivity index (χ0v) is 17.3. The van der Waals surface area contributed by atoms with Crippen molar-refractivity contribution in [1.29, 1.82) is 0 Å². The Labute approximate surface area is 166 Å². The van der Waals surface area contributed by atoms with E-state index in [2.05, 4.69) is 67.1 Å². The number of benzene rings is 2. The van der Waals surface area contributed by atoms with E-state index < -0.39 is 0 Å². The Morgan fingerprint density at radius 1 is 1.04 bits per heavy atom. The first kappa shape index (κ1) is 18.5. The van der Waals surface area contributed by atoms with Crippen LogP contribution in [0.3, 0.4) is 0 Å². The van der Waals surface area contributed by atoms with Gasteiger partial charge in [-0.3, -0.25) is 4.90 Å². The molecule has 1 atom stereocenters. The normalized spacial score (nSPS) is 16.3. The first-order valence-electron chi connectivity index (χ1n) is 9.92. The first-order chi connectivity index (χ1) is 13.1. The van der Waals surface area contributed by atoms with Crippen LogP contribution in [0.4, 0.5) is 0 Å². The molecule has 0 saturated carbocycles. The smallest absolute Gasteiger partial charge is 0.119 e. The predicted octanol–water partition coefficient (Wildman–Crippen LogP) is 5.49. The van der Waals surface area contributed by atoms with Crippen molar-refractivity contribution in [1.82, 2.24) is 9.88 Å². The minimum atomic E-state index is 0.405. The molecule has 1 aliphatic rings. The molecule has 2 aromatic carbocycles. The molecular weight excluding hydrogens is 352 g/mol. The van der Waals surface area contributed by atoms with Gasteiger partial charge in [0.05, 0.1) is 22.3 Å². The summed E-state index contributed by atoms with van der Waals surface area (Å²) < 4.78 is 7.20. The summed E-state index contributed by atoms with van der Waals surface area (Å²) in [7, 11) is 0. The van der Waals surface area contributed by atoms with Crippen LogP contribution in [0.5, 0.6) is 5.75 Å². The molecule has 1 aliphatic heterocycles. The molecule has 0 N–H and O–H groups in total. The van der Waals surface area contributed by atoms with Crippen LogP contribution < -0.4 is 4.74 Å². The Morgan fingerprint density at radius 3 is 2.67 bits per heavy atom. The fraction of sp³-hybridized carbons (Fsp3) is 0.435. The Morgan fingerprint density at radius 2 is 1.85 bits per heavy atom. The molecule has 0 saturated heterocycles. The summed E-state index contributed by atoms with van der Waals surface area (Å²) in [6.45, 7) is 9.64. The summed E-state index contributed by atoms with van der Waals surface area (Å²) in [6, 6.07) is 13.8. The molecule has 0 unspecified atom stereocenters. The minimum Gasteiger partial charge on any atom is -0.493 e. The summed E-state index contributed by atoms with van der Waals surface area (Å²) >= 11 is 1.71. The molecule has 3 aromatic rings. The van der Waals surface area contributed by atoms with E-state index in [-0.39, 0.29) is 0 Å². The van der Waals surface area contributed by atoms with E-state index in [1.54, 1.807) is 11.3 Å². The first-order valence-corrected chi connectivity index (χ1v) is 10.8. The lowest BCUT2D eigenvalue weighted by Gasteiger charge is -2.28. The standard InChI is InChI=1S/C23H28N2OS/c1-16(2)14-26-21-6-4-18-8-10-25(11-9-20(18)12-21)17(3)19-5-7-23-22(13-19)24-15-27-23/h4-7,12-13,15-17H,8-11,14H2,1-3H3/t17-/m0/s1. The third kappa shape index (κ3) is 4.17. The number of rotatable bonds is 5. The maximum Gasteiger partial charge on any atom is 0.119 e. The fourth-order valence-electron chi connectivity index (χ4n) is 3.80. The van der Waals surface area contributed by atoms with Gasteiger partial charge in [0.1, 0.15) is 5.75 Å². The summed E-state index contributed by atoms with van der Waals surface area (Å²) in [5.41, 5.74) is 7.33. The third-order valence-electron chi connectivity index (χ3n) is 5.48. The van der Waals surface area contributed by atoms with Gasteiger partial charge in [-0.05, 0) is 66.6 Å². The van der Waals surface area contributed by atoms with Gasteiger partial charge in [-0.15, -0.1) is 11.3 Å². The highest BCUT2D eigenvalue weighted by Gasteiger charge is 2.20. The highest BCUT2D eigenvalue weighted by Crippen LogP contribution is 2.29. The Balaban J connectivity index is 1.47. The van der Waals surface area contributed by atoms with Crippen LogP contribution in [-0.2, 0) is 12.8 Å². The third-order valence-corrected chi connectivity index (χ3v) is 6.29. The number of aromatic nitrogens is 1. The van der Waals surface area contributed by atoms with Crippen LogP contribution in [0, 0.1) is 5.92 Å². The van der Waals surface area contributed by atoms with Crippen molar-refractivity contribution < 1.29 is 4.74 Å². The maximum absolute atomic E-state index is 5.93. The van der Waals surface area contributed by atoms with Gasteiger partial charge in [-0.1, -0.05) is 26.0 Å². The molecular formula is C23H28N2OS. The molecule has 4 rings (SSSR count). The largest absolute Gasteiger partial charge is 0.493 e. The zero-order chi connectivity index (χ0) is 18.8. The molecule has 2 heterocycles. The lowest BCUT2D eigenvalue weighted by Crippen LogP contribution is -2.29. The summed E-state index contributed by atoms with van der Waals surface area (Å²) in [6.07, 6.45) is 2.18. The molecule has 0 spiro atoms. The van der Waals surface area contributed by atoms with E-state index in [9.17, 15) is 0 Å². The van der Waals surface area contributed by atoms with Crippen molar-refractivity contribution in [3.63, 3.8) is 0 Å². The molecule has 1 aromatic heterocycles. The number of hydrogen-bond donors (Lipinski definition) is 0. The lowest BCUT2D eigenvalue weighted by atomic mass is 10.0. The molecule has 142 valence electrons. The molecule has 27 heavy (non-hydrogen) atoms. The molecule has 0 aliphatic carbocycles. The average molecular weight is 381 g/mol. The predicted molar refractivity (Wildman–Crippen MR) is 114 cm³/mol. The van der Waals surface area contributed by atoms with Crippen molar-refractivity contribution in [2.75, 3.05) is 19.7 Å². The van der Waals surface area contributed by atoms with Crippen LogP contribution in [0.1, 0.15) is 43.5 Å². The Kier molecular flexibility index (Phi) is 5.46. The van der Waals surface area contributed by atoms with Crippen LogP contribution in [-0.4, -0.2) is 29.6 Å². The van der Waals surface area contributed by atoms with Crippen LogP contribution in [0.25, 0.3) is 10.2 Å². The van der Waals surface area contributed by atoms with E-state index in [1.807, 2.05) is 5.51 Å². The van der Waals surface area contributed by atoms with Gasteiger partial charge in [-0.2, -0.15) is 0 Å². The van der Waals surface area contributed by atoms with E-state index in [1.165, 1.54) is 21.4 Å². The number of ether oxygens (including phenoxy) is 1. The monoisotopic (exact) mass is 380 g/mol. The molecule has 0 radical (unpaired) electrons. The summed E-state index contributed by atoms with van der Waals surface area (Å²) in [4.78, 5) is 7.08. The maximum atomic E-state index is 5.93. The van der Waals surface area contributed by atoms with Gasteiger partial charge in [0.25, 0.3) is 0 Å². The fourth-order valence-corrected chi connectivity index (χ4v) is 4.46. The van der Waals surface area contributed by atoms with Crippen molar-refractivity contribution in [2.45, 2.75) is 39.7 Å². The molecule has 3 nitrogen and oxygen atoms in total. The second-order valence-corrected chi connectivity index (χ2v) is 8.81. The van der Waals surface area contributed by atoms with E-state index in [0.717, 1.165) is 43.8 Å². The second kappa shape index (κ2) is 7.99. The highest BCUT2D eigenvalue weighted by molar-refractivity contribution is 7.16. The van der Waals surface area contributed by atoms with Crippen molar-refractivity contribution >= 4 is 21.6 Å². The van der Waals surface area contributed by atoms with Gasteiger partial charge >= 0.3 is 0 Å². The van der Waals surface area contributed by atoms with E-state index in [0.29, 0.717) is 12.0 Å². The number of nitrogens with zero attached hydrogens (tertiary/aromatic N) is 2. The summed E-state index contributed by atoms with van der Waals surface area (Å²) in [5.74, 6) is 1.56. The molecule has 0 bridgehead atoms. The van der Waals surface area contributed by atoms with Crippen molar-refractivity contribution in [3.8, 4) is 5.75 Å². The minimum absolute atomic E-state index is 0.405. The average Bonchev–Trinajstić information content (AvgIpc) is 3.04. The molecule has 0 fully saturated rings. The van der Waals surface area contributed by atoms with Crippen LogP contribution in [0.15, 0.2) is 41.9 Å². The van der Waals surface area contributed by atoms with Gasteiger partial charge in [0, 0.05) is 19.1 Å². The second-order valence-electron chi connectivity index (χ2n) is 7.93. The molecule has 4 heteroatoms. The van der Waals surface area contributed by atoms with E-state index in [4.69, 9.17) is 4.74 Å². The number of hydrogen-bond acceptors (Lipinski definition) is 4. The number of thiazole rings is 1.